The number of benzene rings is 2. The summed E-state index contributed by atoms with van der Waals surface area (Å²) in [5.41, 5.74) is 4.48. The first-order valence-electron chi connectivity index (χ1n) is 10.0. The van der Waals surface area contributed by atoms with Crippen LogP contribution in [0.3, 0.4) is 0 Å². The zero-order chi connectivity index (χ0) is 25.2. The number of nitrogens with two attached hydrogens (primary N) is 1. The van der Waals surface area contributed by atoms with Gasteiger partial charge >= 0.3 is 11.9 Å². The smallest absolute Gasteiger partial charge is 0.328 e. The molecule has 2 aliphatic rings. The molecule has 0 saturated heterocycles. The molecule has 34 heavy (non-hydrogen) atoms. The minimum absolute atomic E-state index is 0.00112. The Morgan fingerprint density at radius 3 is 2.18 bits per heavy atom. The molecule has 12 heteroatoms. The lowest BCUT2D eigenvalue weighted by Crippen LogP contribution is -2.41. The van der Waals surface area contributed by atoms with E-state index >= 15 is 0 Å². The van der Waals surface area contributed by atoms with Gasteiger partial charge in [-0.15, -0.1) is 0 Å². The van der Waals surface area contributed by atoms with Gasteiger partial charge in [0.15, 0.2) is 11.3 Å². The third-order valence-electron chi connectivity index (χ3n) is 4.96. The number of nitrogens with one attached hydrogen (secondary N) is 2. The van der Waals surface area contributed by atoms with E-state index in [0.717, 1.165) is 7.11 Å². The van der Waals surface area contributed by atoms with Gasteiger partial charge in [-0.2, -0.15) is 0 Å². The van der Waals surface area contributed by atoms with Crippen LogP contribution in [-0.2, 0) is 19.1 Å². The Hall–Kier alpha value is -4.48. The number of carbonyl (C=O) groups excluding carboxylic acids is 4. The second-order valence-corrected chi connectivity index (χ2v) is 7.32. The number of hydrogen-bond donors (Lipinski definition) is 3. The highest BCUT2D eigenvalue weighted by Crippen LogP contribution is 2.30. The predicted molar refractivity (Wildman–Crippen MR) is 119 cm³/mol. The number of aromatic nitrogens is 1. The molecule has 0 aromatic heterocycles. The number of carbonyl (C=O) groups is 4. The SMILES string of the molecule is COC(=O)C(C)NC(=O)c1c2oc3c(C(=O)NC(C)C(=O)OC)cccc3nc-2cc(N)c1=O. The molecule has 2 amide bonds. The highest BCUT2D eigenvalue weighted by molar-refractivity contribution is 6.07. The molecule has 0 bridgehead atoms. The van der Waals surface area contributed by atoms with Crippen LogP contribution in [0.4, 0.5) is 5.69 Å². The number of nitrogens with zero attached hydrogens (tertiary/aromatic N) is 1. The molecule has 1 aromatic carbocycles. The van der Waals surface area contributed by atoms with Crippen molar-refractivity contribution in [1.82, 2.24) is 15.6 Å². The quantitative estimate of drug-likeness (QED) is 0.260. The molecule has 0 fully saturated rings. The third kappa shape index (κ3) is 4.51. The molecule has 1 heterocycles. The number of esters is 2. The van der Waals surface area contributed by atoms with E-state index in [2.05, 4.69) is 25.1 Å². The molecule has 1 aromatic rings. The molecule has 3 rings (SSSR count). The molecule has 1 aliphatic heterocycles. The summed E-state index contributed by atoms with van der Waals surface area (Å²) in [6.45, 7) is 2.81. The number of ether oxygens (including phenoxy) is 2. The van der Waals surface area contributed by atoms with Crippen molar-refractivity contribution in [3.63, 3.8) is 0 Å². The lowest BCUT2D eigenvalue weighted by atomic mass is 10.0. The van der Waals surface area contributed by atoms with E-state index in [1.807, 2.05) is 0 Å². The molecule has 1 aliphatic carbocycles. The molecule has 2 atom stereocenters. The number of hydrogen-bond acceptors (Lipinski definition) is 10. The van der Waals surface area contributed by atoms with E-state index < -0.39 is 46.8 Å². The van der Waals surface area contributed by atoms with Crippen LogP contribution in [0.1, 0.15) is 34.6 Å². The Kier molecular flexibility index (Phi) is 6.80. The van der Waals surface area contributed by atoms with Gasteiger partial charge in [-0.25, -0.2) is 14.6 Å². The van der Waals surface area contributed by atoms with Gasteiger partial charge in [0.05, 0.1) is 25.5 Å². The summed E-state index contributed by atoms with van der Waals surface area (Å²) < 4.78 is 15.0. The van der Waals surface area contributed by atoms with Crippen molar-refractivity contribution in [3.8, 4) is 11.5 Å². The van der Waals surface area contributed by atoms with Crippen LogP contribution in [-0.4, -0.2) is 55.0 Å². The van der Waals surface area contributed by atoms with E-state index in [0.29, 0.717) is 0 Å². The fraction of sp³-hybridized carbons (Fsp3) is 0.273. The summed E-state index contributed by atoms with van der Waals surface area (Å²) in [7, 11) is 2.34. The summed E-state index contributed by atoms with van der Waals surface area (Å²) in [5, 5.41) is 4.83. The molecular formula is C22H22N4O8. The standard InChI is InChI=1S/C22H22N4O8/c1-9(21(30)32-3)24-19(28)11-6-5-7-13-17(11)34-18-14(26-13)8-12(23)16(27)15(18)20(29)25-10(2)22(31)33-4/h5-10H,23H2,1-4H3,(H,24,28)(H,25,29). The Bertz CT molecular complexity index is 1330. The van der Waals surface area contributed by atoms with Gasteiger partial charge in [0, 0.05) is 0 Å². The minimum atomic E-state index is -1.07. The van der Waals surface area contributed by atoms with Crippen molar-refractivity contribution < 1.29 is 33.1 Å². The van der Waals surface area contributed by atoms with Gasteiger partial charge in [-0.3, -0.25) is 14.4 Å². The molecule has 0 radical (unpaired) electrons. The van der Waals surface area contributed by atoms with Gasteiger partial charge in [-0.1, -0.05) is 6.07 Å². The van der Waals surface area contributed by atoms with Gasteiger partial charge in [-0.05, 0) is 32.0 Å². The number of para-hydroxylation sites is 1. The van der Waals surface area contributed by atoms with Crippen molar-refractivity contribution in [3.05, 3.63) is 45.6 Å². The minimum Gasteiger partial charge on any atom is -0.467 e. The number of methoxy groups -OCH3 is 2. The number of anilines is 1. The number of fused-ring (bicyclic) bond motifs is 2. The number of rotatable bonds is 6. The first-order chi connectivity index (χ1) is 16.1. The van der Waals surface area contributed by atoms with Gasteiger partial charge in [0.25, 0.3) is 11.8 Å². The van der Waals surface area contributed by atoms with Crippen LogP contribution >= 0.6 is 0 Å². The number of amides is 2. The first-order valence-corrected chi connectivity index (χ1v) is 10.0. The second kappa shape index (κ2) is 9.57. The topological polar surface area (TPSA) is 180 Å². The monoisotopic (exact) mass is 470 g/mol. The average Bonchev–Trinajstić information content (AvgIpc) is 2.81. The highest BCUT2D eigenvalue weighted by Gasteiger charge is 2.28. The van der Waals surface area contributed by atoms with Crippen LogP contribution in [0.15, 0.2) is 33.5 Å². The summed E-state index contributed by atoms with van der Waals surface area (Å²) in [6, 6.07) is 3.75. The normalized spacial score (nSPS) is 12.6. The molecule has 12 nitrogen and oxygen atoms in total. The summed E-state index contributed by atoms with van der Waals surface area (Å²) in [4.78, 5) is 66.1. The molecular weight excluding hydrogens is 448 g/mol. The molecule has 0 spiro atoms. The van der Waals surface area contributed by atoms with E-state index in [9.17, 15) is 24.0 Å². The lowest BCUT2D eigenvalue weighted by molar-refractivity contribution is -0.143. The molecule has 4 N–H and O–H groups in total. The predicted octanol–water partition coefficient (Wildman–Crippen LogP) is 0.458. The Labute approximate surface area is 192 Å². The largest absolute Gasteiger partial charge is 0.467 e. The van der Waals surface area contributed by atoms with Gasteiger partial charge in [0.2, 0.25) is 5.43 Å². The first kappa shape index (κ1) is 24.2. The lowest BCUT2D eigenvalue weighted by Gasteiger charge is -2.16. The van der Waals surface area contributed by atoms with Gasteiger partial charge < -0.3 is 30.3 Å². The van der Waals surface area contributed by atoms with Crippen molar-refractivity contribution in [2.24, 2.45) is 0 Å². The van der Waals surface area contributed by atoms with Crippen LogP contribution in [0.2, 0.25) is 0 Å². The van der Waals surface area contributed by atoms with Crippen molar-refractivity contribution >= 4 is 40.5 Å². The number of nitrogen functional groups attached to an aromatic ring is 1. The zero-order valence-corrected chi connectivity index (χ0v) is 18.8. The average molecular weight is 470 g/mol. The van der Waals surface area contributed by atoms with Crippen LogP contribution < -0.4 is 21.8 Å². The Balaban J connectivity index is 2.17. The van der Waals surface area contributed by atoms with Gasteiger partial charge in [0.1, 0.15) is 28.9 Å². The maximum absolute atomic E-state index is 12.9. The highest BCUT2D eigenvalue weighted by atomic mass is 16.5. The van der Waals surface area contributed by atoms with Crippen LogP contribution in [0.5, 0.6) is 0 Å². The second-order valence-electron chi connectivity index (χ2n) is 7.32. The van der Waals surface area contributed by atoms with Crippen LogP contribution in [0.25, 0.3) is 22.6 Å². The van der Waals surface area contributed by atoms with Crippen LogP contribution in [0, 0.1) is 0 Å². The molecule has 0 saturated carbocycles. The van der Waals surface area contributed by atoms with Crippen molar-refractivity contribution in [1.29, 1.82) is 0 Å². The van der Waals surface area contributed by atoms with Crippen molar-refractivity contribution in [2.75, 3.05) is 20.0 Å². The molecule has 2 unspecified atom stereocenters. The fourth-order valence-electron chi connectivity index (χ4n) is 3.19. The van der Waals surface area contributed by atoms with Crippen molar-refractivity contribution in [2.45, 2.75) is 25.9 Å². The van der Waals surface area contributed by atoms with E-state index in [1.165, 1.54) is 33.1 Å². The summed E-state index contributed by atoms with van der Waals surface area (Å²) >= 11 is 0. The Morgan fingerprint density at radius 1 is 1.00 bits per heavy atom. The fourth-order valence-corrected chi connectivity index (χ4v) is 3.19. The van der Waals surface area contributed by atoms with E-state index in [4.69, 9.17) is 10.2 Å². The zero-order valence-electron chi connectivity index (χ0n) is 18.8. The van der Waals surface area contributed by atoms with E-state index in [1.54, 1.807) is 12.1 Å². The third-order valence-corrected chi connectivity index (χ3v) is 4.96. The molecule has 178 valence electrons. The maximum atomic E-state index is 12.9. The Morgan fingerprint density at radius 2 is 1.59 bits per heavy atom. The van der Waals surface area contributed by atoms with E-state index in [-0.39, 0.29) is 33.8 Å². The summed E-state index contributed by atoms with van der Waals surface area (Å²) in [6.07, 6.45) is 0. The maximum Gasteiger partial charge on any atom is 0.328 e. The summed E-state index contributed by atoms with van der Waals surface area (Å²) in [5.74, 6) is -3.22.